The summed E-state index contributed by atoms with van der Waals surface area (Å²) in [5.74, 6) is 0.784. The lowest BCUT2D eigenvalue weighted by atomic mass is 10.0. The molecule has 0 spiro atoms. The number of carbonyl (C=O) groups is 1. The highest BCUT2D eigenvalue weighted by Crippen LogP contribution is 2.22. The summed E-state index contributed by atoms with van der Waals surface area (Å²) in [4.78, 5) is 12.1. The molecule has 1 aromatic rings. The Morgan fingerprint density at radius 1 is 1.35 bits per heavy atom. The Morgan fingerprint density at radius 3 is 3.00 bits per heavy atom. The van der Waals surface area contributed by atoms with Crippen LogP contribution in [0.1, 0.15) is 12.8 Å². The highest BCUT2D eigenvalue weighted by Gasteiger charge is 2.37. The molecule has 2 aliphatic heterocycles. The van der Waals surface area contributed by atoms with Crippen molar-refractivity contribution in [1.29, 1.82) is 0 Å². The van der Waals surface area contributed by atoms with Crippen molar-refractivity contribution in [1.82, 2.24) is 5.01 Å². The molecule has 5 heteroatoms. The third-order valence-electron chi connectivity index (χ3n) is 3.52. The summed E-state index contributed by atoms with van der Waals surface area (Å²) in [5, 5.41) is 5.97. The van der Waals surface area contributed by atoms with Crippen LogP contribution in [0.3, 0.4) is 0 Å². The molecule has 0 radical (unpaired) electrons. The van der Waals surface area contributed by atoms with Crippen LogP contribution in [0.4, 0.5) is 0 Å². The topological polar surface area (TPSA) is 51.1 Å². The van der Waals surface area contributed by atoms with Crippen LogP contribution in [-0.4, -0.2) is 43.0 Å². The van der Waals surface area contributed by atoms with Gasteiger partial charge in [0.2, 0.25) is 0 Å². The average molecular weight is 274 g/mol. The zero-order valence-corrected chi connectivity index (χ0v) is 11.3. The van der Waals surface area contributed by atoms with Gasteiger partial charge in [0.1, 0.15) is 11.7 Å². The fraction of sp³-hybridized carbons (Fsp3) is 0.467. The van der Waals surface area contributed by atoms with Crippen LogP contribution in [-0.2, 0) is 9.53 Å². The molecule has 1 saturated heterocycles. The smallest absolute Gasteiger partial charge is 0.253 e. The van der Waals surface area contributed by atoms with Crippen molar-refractivity contribution in [3.63, 3.8) is 0 Å². The molecule has 1 unspecified atom stereocenters. The Morgan fingerprint density at radius 2 is 2.20 bits per heavy atom. The number of amides is 1. The van der Waals surface area contributed by atoms with Gasteiger partial charge in [0.15, 0.2) is 0 Å². The summed E-state index contributed by atoms with van der Waals surface area (Å²) in [7, 11) is 0. The molecule has 0 aliphatic carbocycles. The van der Waals surface area contributed by atoms with Crippen LogP contribution in [0.25, 0.3) is 0 Å². The van der Waals surface area contributed by atoms with Gasteiger partial charge < -0.3 is 9.47 Å². The first-order chi connectivity index (χ1) is 9.84. The molecular weight excluding hydrogens is 256 g/mol. The predicted octanol–water partition coefficient (Wildman–Crippen LogP) is 1.69. The van der Waals surface area contributed by atoms with Crippen molar-refractivity contribution >= 4 is 11.6 Å². The monoisotopic (exact) mass is 274 g/mol. The quantitative estimate of drug-likeness (QED) is 0.768. The number of ether oxygens (including phenoxy) is 2. The maximum absolute atomic E-state index is 12.1. The lowest BCUT2D eigenvalue weighted by molar-refractivity contribution is -0.133. The van der Waals surface area contributed by atoms with Crippen LogP contribution >= 0.6 is 0 Å². The first-order valence-electron chi connectivity index (χ1n) is 6.99. The molecular formula is C15H18N2O3. The molecule has 0 saturated carbocycles. The number of carbonyl (C=O) groups excluding carboxylic acids is 1. The van der Waals surface area contributed by atoms with Crippen molar-refractivity contribution in [3.8, 4) is 5.75 Å². The van der Waals surface area contributed by atoms with E-state index in [1.807, 2.05) is 30.3 Å². The van der Waals surface area contributed by atoms with Gasteiger partial charge >= 0.3 is 0 Å². The van der Waals surface area contributed by atoms with Gasteiger partial charge in [-0.05, 0) is 12.1 Å². The van der Waals surface area contributed by atoms with Crippen molar-refractivity contribution < 1.29 is 14.3 Å². The lowest BCUT2D eigenvalue weighted by Crippen LogP contribution is -2.34. The van der Waals surface area contributed by atoms with E-state index in [-0.39, 0.29) is 11.8 Å². The predicted molar refractivity (Wildman–Crippen MR) is 74.6 cm³/mol. The maximum Gasteiger partial charge on any atom is 0.253 e. The molecule has 5 nitrogen and oxygen atoms in total. The maximum atomic E-state index is 12.1. The summed E-state index contributed by atoms with van der Waals surface area (Å²) >= 11 is 0. The van der Waals surface area contributed by atoms with Crippen molar-refractivity contribution in [2.24, 2.45) is 11.0 Å². The minimum atomic E-state index is -0.140. The Bertz CT molecular complexity index is 501. The van der Waals surface area contributed by atoms with E-state index in [0.29, 0.717) is 26.4 Å². The molecule has 1 amide bonds. The Hall–Kier alpha value is -1.88. The summed E-state index contributed by atoms with van der Waals surface area (Å²) in [6.45, 7) is 2.34. The summed E-state index contributed by atoms with van der Waals surface area (Å²) in [6.07, 6.45) is 1.54. The number of nitrogens with zero attached hydrogens (tertiary/aromatic N) is 2. The molecule has 2 heterocycles. The van der Waals surface area contributed by atoms with E-state index in [2.05, 4.69) is 5.10 Å². The number of benzene rings is 1. The van der Waals surface area contributed by atoms with Gasteiger partial charge in [-0.15, -0.1) is 0 Å². The van der Waals surface area contributed by atoms with Crippen LogP contribution in [0.5, 0.6) is 5.75 Å². The van der Waals surface area contributed by atoms with Gasteiger partial charge in [0, 0.05) is 19.4 Å². The Kier molecular flexibility index (Phi) is 3.97. The number of hydrazone groups is 1. The molecule has 0 N–H and O–H groups in total. The molecule has 0 aromatic heterocycles. The highest BCUT2D eigenvalue weighted by molar-refractivity contribution is 6.08. The van der Waals surface area contributed by atoms with E-state index in [9.17, 15) is 4.79 Å². The summed E-state index contributed by atoms with van der Waals surface area (Å²) < 4.78 is 10.9. The molecule has 106 valence electrons. The van der Waals surface area contributed by atoms with Crippen molar-refractivity contribution in [2.45, 2.75) is 12.8 Å². The van der Waals surface area contributed by atoms with Crippen molar-refractivity contribution in [3.05, 3.63) is 30.3 Å². The second-order valence-electron chi connectivity index (χ2n) is 4.95. The Balaban J connectivity index is 1.45. The van der Waals surface area contributed by atoms with E-state index in [4.69, 9.17) is 9.47 Å². The number of hydrogen-bond donors (Lipinski definition) is 0. The second kappa shape index (κ2) is 6.05. The zero-order chi connectivity index (χ0) is 13.8. The van der Waals surface area contributed by atoms with Gasteiger partial charge in [-0.3, -0.25) is 4.79 Å². The molecule has 0 bridgehead atoms. The number of para-hydroxylation sites is 1. The van der Waals surface area contributed by atoms with Crippen LogP contribution < -0.4 is 4.74 Å². The first-order valence-corrected chi connectivity index (χ1v) is 6.99. The normalized spacial score (nSPS) is 21.6. The van der Waals surface area contributed by atoms with Gasteiger partial charge in [-0.2, -0.15) is 5.10 Å². The minimum Gasteiger partial charge on any atom is -0.494 e. The van der Waals surface area contributed by atoms with E-state index >= 15 is 0 Å². The third-order valence-corrected chi connectivity index (χ3v) is 3.52. The largest absolute Gasteiger partial charge is 0.494 e. The molecule has 1 fully saturated rings. The first kappa shape index (κ1) is 13.1. The van der Waals surface area contributed by atoms with Gasteiger partial charge in [0.05, 0.1) is 25.5 Å². The molecule has 20 heavy (non-hydrogen) atoms. The fourth-order valence-electron chi connectivity index (χ4n) is 2.45. The van der Waals surface area contributed by atoms with Crippen molar-refractivity contribution in [2.75, 3.05) is 26.4 Å². The summed E-state index contributed by atoms with van der Waals surface area (Å²) in [5.41, 5.74) is 0.977. The second-order valence-corrected chi connectivity index (χ2v) is 4.95. The van der Waals surface area contributed by atoms with Gasteiger partial charge in [-0.25, -0.2) is 5.01 Å². The van der Waals surface area contributed by atoms with Crippen LogP contribution in [0.15, 0.2) is 35.4 Å². The minimum absolute atomic E-state index is 0.0689. The van der Waals surface area contributed by atoms with Gasteiger partial charge in [-0.1, -0.05) is 18.2 Å². The van der Waals surface area contributed by atoms with Crippen LogP contribution in [0, 0.1) is 5.92 Å². The van der Waals surface area contributed by atoms with E-state index in [1.165, 1.54) is 0 Å². The third kappa shape index (κ3) is 2.82. The van der Waals surface area contributed by atoms with E-state index in [0.717, 1.165) is 24.3 Å². The summed E-state index contributed by atoms with van der Waals surface area (Å²) in [6, 6.07) is 9.68. The SMILES string of the molecule is O=C1C2COCCC2=NN1CCCOc1ccccc1. The lowest BCUT2D eigenvalue weighted by Gasteiger charge is -2.17. The molecule has 1 aromatic carbocycles. The standard InChI is InChI=1S/C15H18N2O3/c18-15-13-11-19-10-7-14(13)16-17(15)8-4-9-20-12-5-2-1-3-6-12/h1-3,5-6,13H,4,7-11H2. The average Bonchev–Trinajstić information content (AvgIpc) is 2.82. The Labute approximate surface area is 118 Å². The zero-order valence-electron chi connectivity index (χ0n) is 11.3. The molecule has 3 rings (SSSR count). The fourth-order valence-corrected chi connectivity index (χ4v) is 2.45. The molecule has 2 aliphatic rings. The highest BCUT2D eigenvalue weighted by atomic mass is 16.5. The number of hydrogen-bond acceptors (Lipinski definition) is 4. The van der Waals surface area contributed by atoms with Crippen LogP contribution in [0.2, 0.25) is 0 Å². The number of rotatable bonds is 5. The van der Waals surface area contributed by atoms with Gasteiger partial charge in [0.25, 0.3) is 5.91 Å². The molecule has 1 atom stereocenters. The number of fused-ring (bicyclic) bond motifs is 1. The van der Waals surface area contributed by atoms with E-state index in [1.54, 1.807) is 5.01 Å². The van der Waals surface area contributed by atoms with E-state index < -0.39 is 0 Å².